The molecular formula is C23H33N5O7. The van der Waals surface area contributed by atoms with Crippen LogP contribution in [0.4, 0.5) is 10.6 Å². The highest BCUT2D eigenvalue weighted by Crippen LogP contribution is 2.41. The van der Waals surface area contributed by atoms with Crippen molar-refractivity contribution in [3.8, 4) is 0 Å². The fourth-order valence-corrected chi connectivity index (χ4v) is 3.94. The zero-order chi connectivity index (χ0) is 25.6. The molecule has 12 heteroatoms. The number of carbonyl (C=O) groups excluding carboxylic acids is 2. The Hall–Kier alpha value is -3.09. The van der Waals surface area contributed by atoms with Gasteiger partial charge in [-0.3, -0.25) is 15.1 Å². The van der Waals surface area contributed by atoms with Crippen LogP contribution < -0.4 is 5.32 Å². The molecule has 2 aromatic heterocycles. The zero-order valence-corrected chi connectivity index (χ0v) is 20.4. The topological polar surface area (TPSA) is 157 Å². The number of amides is 1. The van der Waals surface area contributed by atoms with Gasteiger partial charge in [0.1, 0.15) is 24.1 Å². The Labute approximate surface area is 203 Å². The molecule has 0 radical (unpaired) electrons. The summed E-state index contributed by atoms with van der Waals surface area (Å²) >= 11 is 0. The molecule has 1 aliphatic heterocycles. The lowest BCUT2D eigenvalue weighted by Crippen LogP contribution is -2.45. The highest BCUT2D eigenvalue weighted by Gasteiger charge is 2.58. The molecule has 35 heavy (non-hydrogen) atoms. The van der Waals surface area contributed by atoms with Crippen molar-refractivity contribution in [2.75, 3.05) is 25.6 Å². The minimum atomic E-state index is -1.59. The van der Waals surface area contributed by atoms with Crippen LogP contribution in [0.5, 0.6) is 0 Å². The average Bonchev–Trinajstić information content (AvgIpc) is 3.38. The first-order chi connectivity index (χ1) is 16.8. The van der Waals surface area contributed by atoms with Crippen molar-refractivity contribution in [1.82, 2.24) is 14.6 Å². The van der Waals surface area contributed by atoms with Gasteiger partial charge in [0.15, 0.2) is 17.5 Å². The number of fused-ring (bicyclic) bond motifs is 1. The van der Waals surface area contributed by atoms with Crippen molar-refractivity contribution < 1.29 is 34.0 Å². The van der Waals surface area contributed by atoms with Crippen LogP contribution in [0.25, 0.3) is 5.52 Å². The average molecular weight is 492 g/mol. The lowest BCUT2D eigenvalue weighted by molar-refractivity contribution is -0.160. The first-order valence-corrected chi connectivity index (χ1v) is 11.7. The third kappa shape index (κ3) is 5.44. The van der Waals surface area contributed by atoms with Crippen LogP contribution in [-0.4, -0.2) is 81.7 Å². The number of hydrogen-bond donors (Lipinski definition) is 3. The van der Waals surface area contributed by atoms with Crippen molar-refractivity contribution in [3.63, 3.8) is 0 Å². The number of aliphatic imine (C=N–C) groups is 1. The fraction of sp³-hybridized carbons (Fsp3) is 0.609. The molecule has 192 valence electrons. The quantitative estimate of drug-likeness (QED) is 0.255. The van der Waals surface area contributed by atoms with Gasteiger partial charge in [0.25, 0.3) is 0 Å². The van der Waals surface area contributed by atoms with E-state index in [1.165, 1.54) is 24.1 Å². The fourth-order valence-electron chi connectivity index (χ4n) is 3.94. The van der Waals surface area contributed by atoms with Gasteiger partial charge in [-0.05, 0) is 18.6 Å². The lowest BCUT2D eigenvalue weighted by atomic mass is 9.92. The maximum absolute atomic E-state index is 12.3. The Morgan fingerprint density at radius 2 is 2.14 bits per heavy atom. The Kier molecular flexibility index (Phi) is 8.76. The Morgan fingerprint density at radius 3 is 2.80 bits per heavy atom. The summed E-state index contributed by atoms with van der Waals surface area (Å²) in [5.74, 6) is -0.774. The number of rotatable bonds is 10. The number of aliphatic hydroxyl groups excluding tert-OH is 2. The summed E-state index contributed by atoms with van der Waals surface area (Å²) < 4.78 is 18.2. The van der Waals surface area contributed by atoms with E-state index in [9.17, 15) is 19.8 Å². The SMILES string of the molecule is CCCCCOC(=O)Nc1ncnn2c([C@]3(C=NC)O[C@H](CO)[C@@H](OC(=O)C(C)C)[C@H]3O)ccc12. The van der Waals surface area contributed by atoms with Gasteiger partial charge < -0.3 is 24.4 Å². The molecule has 4 atom stereocenters. The van der Waals surface area contributed by atoms with E-state index in [1.807, 2.05) is 0 Å². The molecule has 12 nitrogen and oxygen atoms in total. The van der Waals surface area contributed by atoms with Gasteiger partial charge in [-0.15, -0.1) is 0 Å². The molecule has 2 aromatic rings. The minimum Gasteiger partial charge on any atom is -0.456 e. The third-order valence-electron chi connectivity index (χ3n) is 5.74. The number of aromatic nitrogens is 3. The second-order valence-corrected chi connectivity index (χ2v) is 8.61. The Bertz CT molecular complexity index is 1060. The van der Waals surface area contributed by atoms with Crippen molar-refractivity contribution in [2.45, 2.75) is 63.9 Å². The summed E-state index contributed by atoms with van der Waals surface area (Å²) in [6.45, 7) is 5.19. The van der Waals surface area contributed by atoms with E-state index in [4.69, 9.17) is 14.2 Å². The van der Waals surface area contributed by atoms with Gasteiger partial charge in [-0.25, -0.2) is 14.3 Å². The van der Waals surface area contributed by atoms with E-state index in [0.717, 1.165) is 19.3 Å². The first kappa shape index (κ1) is 26.5. The van der Waals surface area contributed by atoms with Crippen molar-refractivity contribution >= 4 is 29.6 Å². The van der Waals surface area contributed by atoms with Gasteiger partial charge >= 0.3 is 12.1 Å². The molecule has 1 aliphatic rings. The van der Waals surface area contributed by atoms with Crippen molar-refractivity contribution in [2.24, 2.45) is 10.9 Å². The summed E-state index contributed by atoms with van der Waals surface area (Å²) in [4.78, 5) is 32.7. The van der Waals surface area contributed by atoms with Gasteiger partial charge in [0.05, 0.1) is 24.8 Å². The number of nitrogens with one attached hydrogen (secondary N) is 1. The third-order valence-corrected chi connectivity index (χ3v) is 5.74. The second-order valence-electron chi connectivity index (χ2n) is 8.61. The second kappa shape index (κ2) is 11.6. The largest absolute Gasteiger partial charge is 0.456 e. The molecule has 0 bridgehead atoms. The van der Waals surface area contributed by atoms with Crippen LogP contribution in [0.15, 0.2) is 23.5 Å². The van der Waals surface area contributed by atoms with Crippen LogP contribution in [-0.2, 0) is 24.6 Å². The Morgan fingerprint density at radius 1 is 1.37 bits per heavy atom. The number of unbranched alkanes of at least 4 members (excludes halogenated alkanes) is 2. The van der Waals surface area contributed by atoms with Crippen molar-refractivity contribution in [1.29, 1.82) is 0 Å². The van der Waals surface area contributed by atoms with E-state index in [0.29, 0.717) is 17.8 Å². The monoisotopic (exact) mass is 491 g/mol. The number of carbonyl (C=O) groups is 2. The van der Waals surface area contributed by atoms with E-state index in [1.54, 1.807) is 26.0 Å². The van der Waals surface area contributed by atoms with E-state index < -0.39 is 48.5 Å². The summed E-state index contributed by atoms with van der Waals surface area (Å²) in [5, 5.41) is 28.1. The van der Waals surface area contributed by atoms with Crippen molar-refractivity contribution in [3.05, 3.63) is 24.2 Å². The molecular weight excluding hydrogens is 458 g/mol. The lowest BCUT2D eigenvalue weighted by Gasteiger charge is -2.28. The summed E-state index contributed by atoms with van der Waals surface area (Å²) in [7, 11) is 1.51. The molecule has 3 rings (SSSR count). The predicted octanol–water partition coefficient (Wildman–Crippen LogP) is 1.68. The molecule has 0 spiro atoms. The molecule has 0 aromatic carbocycles. The summed E-state index contributed by atoms with van der Waals surface area (Å²) in [5.41, 5.74) is -0.840. The molecule has 0 aliphatic carbocycles. The molecule has 1 saturated heterocycles. The summed E-state index contributed by atoms with van der Waals surface area (Å²) in [6.07, 6.45) is 1.15. The van der Waals surface area contributed by atoms with E-state index in [-0.39, 0.29) is 5.82 Å². The maximum atomic E-state index is 12.3. The standard InChI is InChI=1S/C23H33N5O7/c1-5-6-7-10-33-22(32)27-20-15-8-9-17(28(15)26-13-25-20)23(12-24-4)19(30)18(16(11-29)35-23)34-21(31)14(2)3/h8-9,12-14,16,18-19,29-30H,5-7,10-11H2,1-4H3,(H,25,26,27,32)/t16-,18-,19-,23+/m1/s1. The van der Waals surface area contributed by atoms with Crippen LogP contribution in [0.1, 0.15) is 45.7 Å². The van der Waals surface area contributed by atoms with E-state index in [2.05, 4.69) is 27.3 Å². The molecule has 0 saturated carbocycles. The van der Waals surface area contributed by atoms with Gasteiger partial charge in [-0.2, -0.15) is 5.10 Å². The van der Waals surface area contributed by atoms with Gasteiger partial charge in [-0.1, -0.05) is 33.6 Å². The molecule has 3 heterocycles. The predicted molar refractivity (Wildman–Crippen MR) is 126 cm³/mol. The zero-order valence-electron chi connectivity index (χ0n) is 20.4. The molecule has 1 fully saturated rings. The highest BCUT2D eigenvalue weighted by molar-refractivity contribution is 5.89. The number of ether oxygens (including phenoxy) is 3. The highest BCUT2D eigenvalue weighted by atomic mass is 16.6. The molecule has 1 amide bonds. The smallest absolute Gasteiger partial charge is 0.412 e. The number of anilines is 1. The minimum absolute atomic E-state index is 0.198. The summed E-state index contributed by atoms with van der Waals surface area (Å²) in [6, 6.07) is 3.28. The van der Waals surface area contributed by atoms with Gasteiger partial charge in [0, 0.05) is 13.3 Å². The van der Waals surface area contributed by atoms with Crippen LogP contribution in [0.3, 0.4) is 0 Å². The Balaban J connectivity index is 1.94. The maximum Gasteiger partial charge on any atom is 0.412 e. The van der Waals surface area contributed by atoms with Crippen LogP contribution >= 0.6 is 0 Å². The molecule has 0 unspecified atom stereocenters. The van der Waals surface area contributed by atoms with E-state index >= 15 is 0 Å². The van der Waals surface area contributed by atoms with Crippen LogP contribution in [0.2, 0.25) is 0 Å². The van der Waals surface area contributed by atoms with Crippen LogP contribution in [0, 0.1) is 5.92 Å². The normalized spacial score (nSPS) is 24.4. The number of nitrogens with zero attached hydrogens (tertiary/aromatic N) is 4. The number of aliphatic hydroxyl groups is 2. The first-order valence-electron chi connectivity index (χ1n) is 11.7. The van der Waals surface area contributed by atoms with Gasteiger partial charge in [0.2, 0.25) is 0 Å². The molecule has 3 N–H and O–H groups in total. The number of esters is 1. The number of hydrogen-bond acceptors (Lipinski definition) is 10.